The van der Waals surface area contributed by atoms with Crippen LogP contribution >= 0.6 is 0 Å². The fourth-order valence-electron chi connectivity index (χ4n) is 3.36. The highest BCUT2D eigenvalue weighted by atomic mass is 19.4. The molecule has 0 bridgehead atoms. The first-order chi connectivity index (χ1) is 8.88. The van der Waals surface area contributed by atoms with Crippen LogP contribution in [0.15, 0.2) is 0 Å². The number of alkyl halides is 3. The van der Waals surface area contributed by atoms with E-state index >= 15 is 0 Å². The highest BCUT2D eigenvalue weighted by molar-refractivity contribution is 4.85. The SMILES string of the molecule is CC(C)N1CCC(N2CCC(C(F)(F)F)CC2)CC1. The molecule has 0 spiro atoms. The molecule has 2 rings (SSSR count). The first-order valence-corrected chi connectivity index (χ1v) is 7.42. The molecule has 2 fully saturated rings. The van der Waals surface area contributed by atoms with E-state index in [1.807, 2.05) is 0 Å². The van der Waals surface area contributed by atoms with E-state index in [9.17, 15) is 13.2 Å². The minimum Gasteiger partial charge on any atom is -0.301 e. The average Bonchev–Trinajstić information content (AvgIpc) is 2.38. The third kappa shape index (κ3) is 3.85. The van der Waals surface area contributed by atoms with Crippen molar-refractivity contribution in [3.63, 3.8) is 0 Å². The summed E-state index contributed by atoms with van der Waals surface area (Å²) in [5, 5.41) is 0. The molecular weight excluding hydrogens is 253 g/mol. The van der Waals surface area contributed by atoms with Crippen LogP contribution in [0.3, 0.4) is 0 Å². The normalized spacial score (nSPS) is 26.2. The third-order valence-electron chi connectivity index (χ3n) is 4.74. The molecule has 0 aliphatic carbocycles. The first-order valence-electron chi connectivity index (χ1n) is 7.42. The lowest BCUT2D eigenvalue weighted by atomic mass is 9.93. The zero-order chi connectivity index (χ0) is 14.0. The van der Waals surface area contributed by atoms with Crippen molar-refractivity contribution in [3.8, 4) is 0 Å². The van der Waals surface area contributed by atoms with Gasteiger partial charge in [0.2, 0.25) is 0 Å². The minimum absolute atomic E-state index is 0.286. The molecule has 2 aliphatic rings. The molecule has 0 aromatic heterocycles. The Kier molecular flexibility index (Phi) is 4.77. The Bertz CT molecular complexity index is 275. The van der Waals surface area contributed by atoms with Crippen molar-refractivity contribution in [2.24, 2.45) is 5.92 Å². The van der Waals surface area contributed by atoms with Crippen LogP contribution in [0.4, 0.5) is 13.2 Å². The molecule has 112 valence electrons. The number of hydrogen-bond acceptors (Lipinski definition) is 2. The molecule has 0 amide bonds. The molecule has 2 nitrogen and oxygen atoms in total. The summed E-state index contributed by atoms with van der Waals surface area (Å²) in [5.41, 5.74) is 0. The molecule has 0 unspecified atom stereocenters. The summed E-state index contributed by atoms with van der Waals surface area (Å²) in [7, 11) is 0. The molecule has 0 radical (unpaired) electrons. The van der Waals surface area contributed by atoms with Gasteiger partial charge in [-0.1, -0.05) is 0 Å². The molecule has 0 N–H and O–H groups in total. The van der Waals surface area contributed by atoms with Crippen molar-refractivity contribution in [2.45, 2.75) is 57.8 Å². The molecule has 0 atom stereocenters. The molecular formula is C14H25F3N2. The van der Waals surface area contributed by atoms with E-state index in [-0.39, 0.29) is 12.8 Å². The summed E-state index contributed by atoms with van der Waals surface area (Å²) in [6.07, 6.45) is -1.21. The second-order valence-electron chi connectivity index (χ2n) is 6.21. The van der Waals surface area contributed by atoms with Crippen LogP contribution < -0.4 is 0 Å². The van der Waals surface area contributed by atoms with Gasteiger partial charge in [0.05, 0.1) is 5.92 Å². The van der Waals surface area contributed by atoms with Gasteiger partial charge in [0.1, 0.15) is 0 Å². The van der Waals surface area contributed by atoms with E-state index < -0.39 is 12.1 Å². The number of rotatable bonds is 2. The second kappa shape index (κ2) is 6.00. The molecule has 2 heterocycles. The smallest absolute Gasteiger partial charge is 0.301 e. The van der Waals surface area contributed by atoms with Gasteiger partial charge < -0.3 is 9.80 Å². The van der Waals surface area contributed by atoms with Crippen molar-refractivity contribution in [3.05, 3.63) is 0 Å². The van der Waals surface area contributed by atoms with Gasteiger partial charge in [0, 0.05) is 12.1 Å². The summed E-state index contributed by atoms with van der Waals surface area (Å²) in [6, 6.07) is 1.08. The van der Waals surface area contributed by atoms with E-state index in [0.717, 1.165) is 25.9 Å². The van der Waals surface area contributed by atoms with Crippen LogP contribution in [0, 0.1) is 5.92 Å². The Hall–Kier alpha value is -0.290. The van der Waals surface area contributed by atoms with Crippen molar-refractivity contribution < 1.29 is 13.2 Å². The zero-order valence-electron chi connectivity index (χ0n) is 11.9. The number of likely N-dealkylation sites (tertiary alicyclic amines) is 2. The molecule has 5 heteroatoms. The summed E-state index contributed by atoms with van der Waals surface area (Å²) in [6.45, 7) is 7.82. The number of halogens is 3. The largest absolute Gasteiger partial charge is 0.391 e. The first kappa shape index (κ1) is 15.1. The lowest BCUT2D eigenvalue weighted by molar-refractivity contribution is -0.186. The van der Waals surface area contributed by atoms with Gasteiger partial charge in [-0.15, -0.1) is 0 Å². The highest BCUT2D eigenvalue weighted by Crippen LogP contribution is 2.35. The van der Waals surface area contributed by atoms with Crippen LogP contribution in [0.2, 0.25) is 0 Å². The quantitative estimate of drug-likeness (QED) is 0.765. The summed E-state index contributed by atoms with van der Waals surface area (Å²) in [4.78, 5) is 4.75. The van der Waals surface area contributed by atoms with Gasteiger partial charge in [-0.2, -0.15) is 13.2 Å². The van der Waals surface area contributed by atoms with Gasteiger partial charge in [0.25, 0.3) is 0 Å². The lowest BCUT2D eigenvalue weighted by Gasteiger charge is -2.43. The van der Waals surface area contributed by atoms with E-state index in [1.165, 1.54) is 0 Å². The van der Waals surface area contributed by atoms with Crippen LogP contribution in [0.25, 0.3) is 0 Å². The summed E-state index contributed by atoms with van der Waals surface area (Å²) >= 11 is 0. The monoisotopic (exact) mass is 278 g/mol. The molecule has 0 aromatic carbocycles. The van der Waals surface area contributed by atoms with E-state index in [1.54, 1.807) is 0 Å². The van der Waals surface area contributed by atoms with Gasteiger partial charge in [0.15, 0.2) is 0 Å². The maximum Gasteiger partial charge on any atom is 0.391 e. The Labute approximate surface area is 113 Å². The predicted molar refractivity (Wildman–Crippen MR) is 70.1 cm³/mol. The fraction of sp³-hybridized carbons (Fsp3) is 1.00. The Morgan fingerprint density at radius 3 is 1.84 bits per heavy atom. The highest BCUT2D eigenvalue weighted by Gasteiger charge is 2.42. The maximum absolute atomic E-state index is 12.6. The van der Waals surface area contributed by atoms with Crippen LogP contribution in [-0.4, -0.2) is 54.2 Å². The second-order valence-corrected chi connectivity index (χ2v) is 6.21. The van der Waals surface area contributed by atoms with Crippen LogP contribution in [0.1, 0.15) is 39.5 Å². The molecule has 19 heavy (non-hydrogen) atoms. The number of hydrogen-bond donors (Lipinski definition) is 0. The molecule has 2 aliphatic heterocycles. The standard InChI is InChI=1S/C14H25F3N2/c1-11(2)18-9-5-13(6-10-18)19-7-3-12(4-8-19)14(15,16)17/h11-13H,3-10H2,1-2H3. The van der Waals surface area contributed by atoms with Gasteiger partial charge in [-0.25, -0.2) is 0 Å². The van der Waals surface area contributed by atoms with Crippen molar-refractivity contribution in [1.29, 1.82) is 0 Å². The summed E-state index contributed by atoms with van der Waals surface area (Å²) < 4.78 is 37.9. The zero-order valence-corrected chi connectivity index (χ0v) is 11.9. The third-order valence-corrected chi connectivity index (χ3v) is 4.74. The number of piperidine rings is 2. The molecule has 2 saturated heterocycles. The van der Waals surface area contributed by atoms with Crippen LogP contribution in [-0.2, 0) is 0 Å². The predicted octanol–water partition coefficient (Wildman–Crippen LogP) is 3.13. The summed E-state index contributed by atoms with van der Waals surface area (Å²) in [5.74, 6) is -1.07. The van der Waals surface area contributed by atoms with E-state index in [2.05, 4.69) is 23.6 Å². The molecule has 0 saturated carbocycles. The van der Waals surface area contributed by atoms with Gasteiger partial charge in [-0.3, -0.25) is 0 Å². The number of nitrogens with zero attached hydrogens (tertiary/aromatic N) is 2. The van der Waals surface area contributed by atoms with Crippen molar-refractivity contribution in [1.82, 2.24) is 9.80 Å². The molecule has 0 aromatic rings. The van der Waals surface area contributed by atoms with Crippen LogP contribution in [0.5, 0.6) is 0 Å². The van der Waals surface area contributed by atoms with Crippen molar-refractivity contribution in [2.75, 3.05) is 26.2 Å². The Morgan fingerprint density at radius 1 is 0.895 bits per heavy atom. The Balaban J connectivity index is 1.77. The lowest BCUT2D eigenvalue weighted by Crippen LogP contribution is -2.50. The van der Waals surface area contributed by atoms with E-state index in [4.69, 9.17) is 0 Å². The topological polar surface area (TPSA) is 6.48 Å². The average molecular weight is 278 g/mol. The minimum atomic E-state index is -3.99. The van der Waals surface area contributed by atoms with Crippen molar-refractivity contribution >= 4 is 0 Å². The van der Waals surface area contributed by atoms with Gasteiger partial charge in [-0.05, 0) is 65.7 Å². The van der Waals surface area contributed by atoms with E-state index in [0.29, 0.717) is 25.2 Å². The fourth-order valence-corrected chi connectivity index (χ4v) is 3.36. The Morgan fingerprint density at radius 2 is 1.42 bits per heavy atom. The van der Waals surface area contributed by atoms with Gasteiger partial charge >= 0.3 is 6.18 Å². The maximum atomic E-state index is 12.6.